The lowest BCUT2D eigenvalue weighted by atomic mass is 10.1. The Balaban J connectivity index is 1.18. The van der Waals surface area contributed by atoms with Crippen molar-refractivity contribution in [2.75, 3.05) is 39.8 Å². The Morgan fingerprint density at radius 1 is 0.829 bits per heavy atom. The van der Waals surface area contributed by atoms with Gasteiger partial charge in [0.05, 0.1) is 18.2 Å². The summed E-state index contributed by atoms with van der Waals surface area (Å²) >= 11 is 0. The predicted octanol–water partition coefficient (Wildman–Crippen LogP) is 2.68. The molecule has 2 heterocycles. The van der Waals surface area contributed by atoms with Gasteiger partial charge in [-0.15, -0.1) is 0 Å². The lowest BCUT2D eigenvalue weighted by molar-refractivity contribution is -0.139. The van der Waals surface area contributed by atoms with Crippen LogP contribution in [0.4, 0.5) is 0 Å². The summed E-state index contributed by atoms with van der Waals surface area (Å²) in [6, 6.07) is 12.9. The summed E-state index contributed by atoms with van der Waals surface area (Å²) in [6.07, 6.45) is 1.78. The molecule has 8 heteroatoms. The van der Waals surface area contributed by atoms with Gasteiger partial charge in [-0.05, 0) is 49.6 Å². The van der Waals surface area contributed by atoms with Crippen molar-refractivity contribution < 1.29 is 23.9 Å². The highest BCUT2D eigenvalue weighted by molar-refractivity contribution is 6.21. The lowest BCUT2D eigenvalue weighted by Gasteiger charge is -2.35. The molecular weight excluding hydrogens is 446 g/mol. The normalized spacial score (nSPS) is 15.4. The third kappa shape index (κ3) is 5.53. The molecule has 0 bridgehead atoms. The van der Waals surface area contributed by atoms with Crippen molar-refractivity contribution in [3.63, 3.8) is 0 Å². The van der Waals surface area contributed by atoms with Crippen molar-refractivity contribution in [2.45, 2.75) is 32.6 Å². The molecule has 2 aromatic carbocycles. The molecule has 35 heavy (non-hydrogen) atoms. The van der Waals surface area contributed by atoms with Gasteiger partial charge in [-0.3, -0.25) is 24.1 Å². The molecule has 0 atom stereocenters. The molecule has 4 rings (SSSR count). The van der Waals surface area contributed by atoms with E-state index in [0.717, 1.165) is 16.9 Å². The number of hydrogen-bond donors (Lipinski definition) is 0. The molecule has 2 aliphatic rings. The smallest absolute Gasteiger partial charge is 0.261 e. The molecule has 0 aliphatic carbocycles. The predicted molar refractivity (Wildman–Crippen MR) is 130 cm³/mol. The van der Waals surface area contributed by atoms with E-state index >= 15 is 0 Å². The molecule has 0 N–H and O–H groups in total. The fourth-order valence-corrected chi connectivity index (χ4v) is 4.56. The molecule has 4 amide bonds. The summed E-state index contributed by atoms with van der Waals surface area (Å²) in [5, 5.41) is 0. The van der Waals surface area contributed by atoms with Gasteiger partial charge in [0.25, 0.3) is 11.8 Å². The minimum Gasteiger partial charge on any atom is -0.497 e. The van der Waals surface area contributed by atoms with Gasteiger partial charge in [-0.2, -0.15) is 0 Å². The number of nitrogens with zero attached hydrogens (tertiary/aromatic N) is 3. The highest BCUT2D eigenvalue weighted by atomic mass is 16.5. The Kier molecular flexibility index (Phi) is 7.48. The highest BCUT2D eigenvalue weighted by Crippen LogP contribution is 2.24. The Bertz CT molecular complexity index is 1120. The first-order valence-electron chi connectivity index (χ1n) is 12.0. The number of aryl methyl sites for hydroxylation is 2. The fraction of sp³-hybridized carbons (Fsp3) is 0.407. The van der Waals surface area contributed by atoms with Gasteiger partial charge in [-0.1, -0.05) is 23.8 Å². The number of methoxy groups -OCH3 is 1. The maximum Gasteiger partial charge on any atom is 0.261 e. The molecule has 1 fully saturated rings. The van der Waals surface area contributed by atoms with E-state index in [2.05, 4.69) is 0 Å². The van der Waals surface area contributed by atoms with E-state index in [9.17, 15) is 19.2 Å². The van der Waals surface area contributed by atoms with Crippen LogP contribution in [-0.4, -0.2) is 78.2 Å². The van der Waals surface area contributed by atoms with E-state index in [0.29, 0.717) is 56.6 Å². The summed E-state index contributed by atoms with van der Waals surface area (Å²) in [7, 11) is 1.62. The zero-order chi connectivity index (χ0) is 24.9. The number of ether oxygens (including phenoxy) is 1. The van der Waals surface area contributed by atoms with Crippen molar-refractivity contribution in [3.05, 3.63) is 64.7 Å². The third-order valence-electron chi connectivity index (χ3n) is 6.67. The second-order valence-corrected chi connectivity index (χ2v) is 9.02. The largest absolute Gasteiger partial charge is 0.497 e. The minimum absolute atomic E-state index is 0.0113. The summed E-state index contributed by atoms with van der Waals surface area (Å²) in [4.78, 5) is 55.2. The molecule has 0 unspecified atom stereocenters. The van der Waals surface area contributed by atoms with Crippen LogP contribution in [0.2, 0.25) is 0 Å². The van der Waals surface area contributed by atoms with Crippen LogP contribution in [0.1, 0.15) is 51.1 Å². The zero-order valence-corrected chi connectivity index (χ0v) is 20.3. The molecule has 184 valence electrons. The van der Waals surface area contributed by atoms with E-state index in [1.54, 1.807) is 24.1 Å². The van der Waals surface area contributed by atoms with Crippen molar-refractivity contribution in [2.24, 2.45) is 0 Å². The molecule has 2 aliphatic heterocycles. The van der Waals surface area contributed by atoms with E-state index in [1.807, 2.05) is 42.2 Å². The number of carbonyl (C=O) groups excluding carboxylic acids is 4. The molecule has 0 saturated carbocycles. The van der Waals surface area contributed by atoms with Crippen LogP contribution in [0.25, 0.3) is 0 Å². The summed E-state index contributed by atoms with van der Waals surface area (Å²) in [5.74, 6) is 0.290. The molecule has 1 saturated heterocycles. The Hall–Kier alpha value is -3.68. The quantitative estimate of drug-likeness (QED) is 0.546. The van der Waals surface area contributed by atoms with Crippen LogP contribution in [0.3, 0.4) is 0 Å². The summed E-state index contributed by atoms with van der Waals surface area (Å²) < 4.78 is 5.16. The van der Waals surface area contributed by atoms with Crippen molar-refractivity contribution in [1.29, 1.82) is 0 Å². The van der Waals surface area contributed by atoms with Gasteiger partial charge in [-0.25, -0.2) is 0 Å². The Morgan fingerprint density at radius 3 is 2.06 bits per heavy atom. The number of piperazine rings is 1. The Morgan fingerprint density at radius 2 is 1.43 bits per heavy atom. The summed E-state index contributed by atoms with van der Waals surface area (Å²) in [5.41, 5.74) is 2.88. The molecule has 2 aromatic rings. The number of carbonyl (C=O) groups is 4. The van der Waals surface area contributed by atoms with Crippen molar-refractivity contribution >= 4 is 23.6 Å². The van der Waals surface area contributed by atoms with Gasteiger partial charge in [0, 0.05) is 45.6 Å². The first kappa shape index (κ1) is 24.4. The molecule has 8 nitrogen and oxygen atoms in total. The molecule has 0 aromatic heterocycles. The first-order valence-corrected chi connectivity index (χ1v) is 12.0. The molecular formula is C27H31N3O5. The maximum atomic E-state index is 12.7. The average molecular weight is 478 g/mol. The number of imide groups is 1. The minimum atomic E-state index is -0.292. The number of amides is 4. The van der Waals surface area contributed by atoms with Gasteiger partial charge >= 0.3 is 0 Å². The van der Waals surface area contributed by atoms with Crippen LogP contribution in [0.15, 0.2) is 42.5 Å². The van der Waals surface area contributed by atoms with Crippen LogP contribution in [-0.2, 0) is 16.0 Å². The van der Waals surface area contributed by atoms with Crippen LogP contribution < -0.4 is 4.74 Å². The van der Waals surface area contributed by atoms with Crippen LogP contribution in [0.5, 0.6) is 5.75 Å². The van der Waals surface area contributed by atoms with Gasteiger partial charge in [0.2, 0.25) is 11.8 Å². The van der Waals surface area contributed by atoms with Crippen LogP contribution in [0, 0.1) is 6.92 Å². The lowest BCUT2D eigenvalue weighted by Crippen LogP contribution is -2.50. The van der Waals surface area contributed by atoms with E-state index in [4.69, 9.17) is 4.74 Å². The van der Waals surface area contributed by atoms with Gasteiger partial charge in [0.1, 0.15) is 5.75 Å². The summed E-state index contributed by atoms with van der Waals surface area (Å²) in [6.45, 7) is 4.14. The van der Waals surface area contributed by atoms with E-state index < -0.39 is 0 Å². The molecule has 0 spiro atoms. The first-order chi connectivity index (χ1) is 16.9. The second kappa shape index (κ2) is 10.7. The van der Waals surface area contributed by atoms with Crippen LogP contribution >= 0.6 is 0 Å². The highest BCUT2D eigenvalue weighted by Gasteiger charge is 2.35. The number of fused-ring (bicyclic) bond motifs is 1. The standard InChI is InChI=1S/C27H31N3O5/c1-19-5-11-22-23(18-19)27(34)30(26(22)33)13-3-4-24(31)28-14-16-29(17-15-28)25(32)12-8-20-6-9-21(35-2)10-7-20/h5-7,9-11,18H,3-4,8,12-17H2,1-2H3. The monoisotopic (exact) mass is 477 g/mol. The topological polar surface area (TPSA) is 87.2 Å². The Labute approximate surface area is 205 Å². The number of hydrogen-bond acceptors (Lipinski definition) is 5. The maximum absolute atomic E-state index is 12.7. The van der Waals surface area contributed by atoms with E-state index in [1.165, 1.54) is 4.90 Å². The third-order valence-corrected chi connectivity index (χ3v) is 6.67. The second-order valence-electron chi connectivity index (χ2n) is 9.02. The van der Waals surface area contributed by atoms with Gasteiger partial charge < -0.3 is 14.5 Å². The fourth-order valence-electron chi connectivity index (χ4n) is 4.56. The zero-order valence-electron chi connectivity index (χ0n) is 20.3. The van der Waals surface area contributed by atoms with Crippen molar-refractivity contribution in [1.82, 2.24) is 14.7 Å². The number of benzene rings is 2. The van der Waals surface area contributed by atoms with Gasteiger partial charge in [0.15, 0.2) is 0 Å². The average Bonchev–Trinajstić information content (AvgIpc) is 3.11. The number of rotatable bonds is 8. The SMILES string of the molecule is COc1ccc(CCC(=O)N2CCN(C(=O)CCCN3C(=O)c4ccc(C)cc4C3=O)CC2)cc1. The van der Waals surface area contributed by atoms with Crippen molar-refractivity contribution in [3.8, 4) is 5.75 Å². The molecule has 0 radical (unpaired) electrons. The van der Waals surface area contributed by atoms with E-state index in [-0.39, 0.29) is 36.6 Å².